The lowest BCUT2D eigenvalue weighted by atomic mass is 9.33. The number of aliphatic carboxylic acids is 1. The summed E-state index contributed by atoms with van der Waals surface area (Å²) in [5, 5.41) is 118. The molecule has 18 heteroatoms. The van der Waals surface area contributed by atoms with Crippen LogP contribution in [0.4, 0.5) is 0 Å². The topological polar surface area (TPSA) is 295 Å². The fourth-order valence-electron chi connectivity index (χ4n) is 15.1. The maximum absolute atomic E-state index is 13.2. The van der Waals surface area contributed by atoms with Crippen LogP contribution >= 0.6 is 0 Å². The van der Waals surface area contributed by atoms with E-state index in [4.69, 9.17) is 28.4 Å². The van der Waals surface area contributed by atoms with Gasteiger partial charge in [0, 0.05) is 6.61 Å². The molecule has 0 aromatic rings. The predicted octanol–water partition coefficient (Wildman–Crippen LogP) is 0.706. The van der Waals surface area contributed by atoms with Gasteiger partial charge in [0.05, 0.1) is 30.8 Å². The van der Waals surface area contributed by atoms with Crippen molar-refractivity contribution in [3.63, 3.8) is 0 Å². The minimum absolute atomic E-state index is 0.0271. The van der Waals surface area contributed by atoms with Gasteiger partial charge in [-0.3, -0.25) is 4.79 Å². The van der Waals surface area contributed by atoms with Crippen molar-refractivity contribution in [3.8, 4) is 0 Å². The Balaban J connectivity index is 1.05. The molecule has 4 saturated carbocycles. The standard InChI is InChI=1S/C48H78O18/c1-22-30(52)33(55)36(58)39(61-22)65-38-35(57)32(54)26(20-50)63-41(38)66-37-34(56)31(53)25(19-49)62-40(37)64-29-11-12-45(5)27(43(29,2)3)10-13-47(7)28(45)9-8-23-24-18-44(4,21-51)14-16-48(24,42(59)60)17-15-46(23,47)6/h8,22,24-41,49-58H,9-21H2,1-7H3,(H,59,60). The summed E-state index contributed by atoms with van der Waals surface area (Å²) in [5.41, 5.74) is -0.948. The van der Waals surface area contributed by atoms with Crippen molar-refractivity contribution in [1.82, 2.24) is 0 Å². The summed E-state index contributed by atoms with van der Waals surface area (Å²) in [7, 11) is 0. The number of hydrogen-bond donors (Lipinski definition) is 11. The number of ether oxygens (including phenoxy) is 6. The van der Waals surface area contributed by atoms with Crippen LogP contribution in [0.3, 0.4) is 0 Å². The summed E-state index contributed by atoms with van der Waals surface area (Å²) >= 11 is 0. The van der Waals surface area contributed by atoms with Crippen LogP contribution in [-0.2, 0) is 33.2 Å². The number of fused-ring (bicyclic) bond motifs is 7. The molecule has 18 nitrogen and oxygen atoms in total. The third kappa shape index (κ3) is 7.78. The largest absolute Gasteiger partial charge is 0.481 e. The summed E-state index contributed by atoms with van der Waals surface area (Å²) in [6.45, 7) is 13.6. The van der Waals surface area contributed by atoms with Crippen molar-refractivity contribution in [2.24, 2.45) is 50.2 Å². The van der Waals surface area contributed by atoms with Crippen molar-refractivity contribution in [3.05, 3.63) is 11.6 Å². The second-order valence-electron chi connectivity index (χ2n) is 23.3. The van der Waals surface area contributed by atoms with Crippen molar-refractivity contribution >= 4 is 5.97 Å². The number of rotatable bonds is 10. The highest BCUT2D eigenvalue weighted by Crippen LogP contribution is 2.76. The molecule has 5 aliphatic carbocycles. The van der Waals surface area contributed by atoms with Gasteiger partial charge in [-0.1, -0.05) is 53.2 Å². The molecule has 0 spiro atoms. The van der Waals surface area contributed by atoms with Crippen molar-refractivity contribution in [2.45, 2.75) is 211 Å². The minimum atomic E-state index is -1.84. The Kier molecular flexibility index (Phi) is 13.9. The quantitative estimate of drug-likeness (QED) is 0.106. The highest BCUT2D eigenvalue weighted by Gasteiger charge is 2.70. The maximum atomic E-state index is 13.2. The van der Waals surface area contributed by atoms with E-state index < -0.39 is 128 Å². The number of aliphatic hydroxyl groups is 10. The van der Waals surface area contributed by atoms with Crippen molar-refractivity contribution < 1.29 is 89.4 Å². The molecule has 11 N–H and O–H groups in total. The van der Waals surface area contributed by atoms with Crippen molar-refractivity contribution in [2.75, 3.05) is 19.8 Å². The van der Waals surface area contributed by atoms with E-state index in [0.717, 1.165) is 32.1 Å². The highest BCUT2D eigenvalue weighted by molar-refractivity contribution is 5.76. The fraction of sp³-hybridized carbons (Fsp3) is 0.938. The molecular formula is C48H78O18. The Morgan fingerprint density at radius 2 is 1.23 bits per heavy atom. The maximum Gasteiger partial charge on any atom is 0.310 e. The first-order valence-corrected chi connectivity index (χ1v) is 24.3. The second-order valence-corrected chi connectivity index (χ2v) is 23.3. The molecule has 3 saturated heterocycles. The zero-order chi connectivity index (χ0) is 48.3. The molecule has 24 unspecified atom stereocenters. The summed E-state index contributed by atoms with van der Waals surface area (Å²) in [4.78, 5) is 13.2. The van der Waals surface area contributed by atoms with Gasteiger partial charge in [0.15, 0.2) is 18.9 Å². The number of allylic oxidation sites excluding steroid dienone is 2. The molecule has 0 aromatic carbocycles. The second kappa shape index (κ2) is 18.0. The van der Waals surface area contributed by atoms with E-state index in [9.17, 15) is 61.0 Å². The van der Waals surface area contributed by atoms with E-state index in [1.54, 1.807) is 0 Å². The third-order valence-electron chi connectivity index (χ3n) is 19.6. The fourth-order valence-corrected chi connectivity index (χ4v) is 15.1. The lowest BCUT2D eigenvalue weighted by Gasteiger charge is -2.71. The monoisotopic (exact) mass is 943 g/mol. The summed E-state index contributed by atoms with van der Waals surface area (Å²) < 4.78 is 36.8. The molecule has 378 valence electrons. The molecular weight excluding hydrogens is 865 g/mol. The average molecular weight is 943 g/mol. The summed E-state index contributed by atoms with van der Waals surface area (Å²) in [5.74, 6) is -0.467. The van der Waals surface area contributed by atoms with Gasteiger partial charge >= 0.3 is 5.97 Å². The lowest BCUT2D eigenvalue weighted by molar-refractivity contribution is -0.397. The van der Waals surface area contributed by atoms with E-state index in [1.165, 1.54) is 12.5 Å². The van der Waals surface area contributed by atoms with Crippen LogP contribution in [0.2, 0.25) is 0 Å². The molecule has 0 bridgehead atoms. The van der Waals surface area contributed by atoms with Crippen LogP contribution in [0.5, 0.6) is 0 Å². The highest BCUT2D eigenvalue weighted by atomic mass is 16.8. The summed E-state index contributed by atoms with van der Waals surface area (Å²) in [6.07, 6.45) is -14.7. The average Bonchev–Trinajstić information content (AvgIpc) is 3.27. The van der Waals surface area contributed by atoms with Gasteiger partial charge in [-0.25, -0.2) is 0 Å². The van der Waals surface area contributed by atoms with Gasteiger partial charge in [-0.15, -0.1) is 0 Å². The predicted molar refractivity (Wildman–Crippen MR) is 231 cm³/mol. The van der Waals surface area contributed by atoms with E-state index in [2.05, 4.69) is 47.6 Å². The van der Waals surface area contributed by atoms with Crippen LogP contribution in [-0.4, -0.2) is 180 Å². The van der Waals surface area contributed by atoms with Crippen molar-refractivity contribution in [1.29, 1.82) is 0 Å². The Morgan fingerprint density at radius 3 is 1.80 bits per heavy atom. The molecule has 3 aliphatic heterocycles. The Hall–Kier alpha value is -1.43. The molecule has 0 aromatic heterocycles. The van der Waals surface area contributed by atoms with E-state index in [-0.39, 0.29) is 46.0 Å². The SMILES string of the molecule is CC1OC(OC2C(OC3C(OC4CCC5(C)C(CCC6(C)C5CC=C5C7CC(C)(CO)CCC7(C(=O)O)CCC56C)C4(C)C)OC(CO)C(O)C3O)OC(CO)C(O)C2O)C(O)C(O)C1O. The molecule has 3 heterocycles. The Bertz CT molecular complexity index is 1800. The van der Waals surface area contributed by atoms with Gasteiger partial charge in [0.1, 0.15) is 67.1 Å². The third-order valence-corrected chi connectivity index (χ3v) is 19.6. The molecule has 8 aliphatic rings. The minimum Gasteiger partial charge on any atom is -0.481 e. The van der Waals surface area contributed by atoms with Crippen LogP contribution in [0.25, 0.3) is 0 Å². The number of hydrogen-bond acceptors (Lipinski definition) is 17. The molecule has 66 heavy (non-hydrogen) atoms. The molecule has 24 atom stereocenters. The molecule has 8 rings (SSSR count). The zero-order valence-corrected chi connectivity index (χ0v) is 39.5. The van der Waals surface area contributed by atoms with E-state index in [0.29, 0.717) is 32.1 Å². The number of carbonyl (C=O) groups is 1. The molecule has 0 amide bonds. The van der Waals surface area contributed by atoms with Crippen LogP contribution < -0.4 is 0 Å². The first kappa shape index (κ1) is 50.9. The Morgan fingerprint density at radius 1 is 0.652 bits per heavy atom. The first-order chi connectivity index (χ1) is 30.9. The molecule has 7 fully saturated rings. The van der Waals surface area contributed by atoms with Crippen LogP contribution in [0.15, 0.2) is 11.6 Å². The number of aliphatic hydroxyl groups excluding tert-OH is 10. The van der Waals surface area contributed by atoms with Gasteiger partial charge < -0.3 is 84.6 Å². The lowest BCUT2D eigenvalue weighted by Crippen LogP contribution is -2.67. The molecule has 0 radical (unpaired) electrons. The van der Waals surface area contributed by atoms with Crippen LogP contribution in [0, 0.1) is 50.2 Å². The number of carboxylic acid groups (broad SMARTS) is 1. The van der Waals surface area contributed by atoms with E-state index >= 15 is 0 Å². The Labute approximate surface area is 387 Å². The number of carboxylic acids is 1. The zero-order valence-electron chi connectivity index (χ0n) is 39.5. The smallest absolute Gasteiger partial charge is 0.310 e. The van der Waals surface area contributed by atoms with Gasteiger partial charge in [-0.2, -0.15) is 0 Å². The summed E-state index contributed by atoms with van der Waals surface area (Å²) in [6, 6.07) is 0. The van der Waals surface area contributed by atoms with Crippen LogP contribution in [0.1, 0.15) is 113 Å². The van der Waals surface area contributed by atoms with E-state index in [1.807, 2.05) is 0 Å². The van der Waals surface area contributed by atoms with Gasteiger partial charge in [0.2, 0.25) is 0 Å². The van der Waals surface area contributed by atoms with Gasteiger partial charge in [0.25, 0.3) is 0 Å². The normalized spacial score (nSPS) is 54.8. The van der Waals surface area contributed by atoms with Gasteiger partial charge in [-0.05, 0) is 116 Å². The first-order valence-electron chi connectivity index (χ1n) is 24.3.